The van der Waals surface area contributed by atoms with Crippen LogP contribution in [0, 0.1) is 5.41 Å². The fourth-order valence-electron chi connectivity index (χ4n) is 2.42. The van der Waals surface area contributed by atoms with Crippen molar-refractivity contribution in [1.29, 1.82) is 0 Å². The van der Waals surface area contributed by atoms with Gasteiger partial charge in [-0.05, 0) is 17.5 Å². The molecule has 0 bridgehead atoms. The zero-order valence-corrected chi connectivity index (χ0v) is 12.8. The van der Waals surface area contributed by atoms with Gasteiger partial charge in [-0.1, -0.05) is 40.7 Å². The fourth-order valence-corrected chi connectivity index (χ4v) is 2.42. The molecule has 2 aromatic rings. The Labute approximate surface area is 119 Å². The van der Waals surface area contributed by atoms with Crippen molar-refractivity contribution in [3.63, 3.8) is 0 Å². The monoisotopic (exact) mass is 274 g/mol. The third-order valence-corrected chi connectivity index (χ3v) is 3.19. The van der Waals surface area contributed by atoms with Crippen LogP contribution in [0.5, 0.6) is 0 Å². The predicted octanol–water partition coefficient (Wildman–Crippen LogP) is 3.90. The first-order valence-electron chi connectivity index (χ1n) is 6.93. The first kappa shape index (κ1) is 14.6. The topological polar surface area (TPSA) is 55.1 Å². The molecule has 0 radical (unpaired) electrons. The summed E-state index contributed by atoms with van der Waals surface area (Å²) >= 11 is 0. The van der Waals surface area contributed by atoms with Gasteiger partial charge in [-0.25, -0.2) is 9.78 Å². The van der Waals surface area contributed by atoms with E-state index in [1.807, 2.05) is 6.07 Å². The van der Waals surface area contributed by atoms with Crippen molar-refractivity contribution in [2.75, 3.05) is 0 Å². The molecule has 0 aliphatic rings. The van der Waals surface area contributed by atoms with E-state index in [4.69, 9.17) is 0 Å². The zero-order valence-electron chi connectivity index (χ0n) is 12.8. The molecule has 1 N–H and O–H groups in total. The SMILES string of the molecule is CC(C)c1nc2c(C(=O)O)cccc2n1CC(C)(C)C. The van der Waals surface area contributed by atoms with Crippen LogP contribution in [0.3, 0.4) is 0 Å². The van der Waals surface area contributed by atoms with Crippen molar-refractivity contribution in [2.24, 2.45) is 5.41 Å². The van der Waals surface area contributed by atoms with Crippen LogP contribution < -0.4 is 0 Å². The molecule has 2 rings (SSSR count). The van der Waals surface area contributed by atoms with Crippen molar-refractivity contribution in [3.8, 4) is 0 Å². The molecule has 0 unspecified atom stereocenters. The van der Waals surface area contributed by atoms with Gasteiger partial charge in [-0.15, -0.1) is 0 Å². The molecule has 4 nitrogen and oxygen atoms in total. The third-order valence-electron chi connectivity index (χ3n) is 3.19. The summed E-state index contributed by atoms with van der Waals surface area (Å²) in [6.07, 6.45) is 0. The Morgan fingerprint density at radius 2 is 2.00 bits per heavy atom. The minimum Gasteiger partial charge on any atom is -0.478 e. The Balaban J connectivity index is 2.73. The summed E-state index contributed by atoms with van der Waals surface area (Å²) in [5, 5.41) is 9.30. The highest BCUT2D eigenvalue weighted by atomic mass is 16.4. The molecule has 0 atom stereocenters. The Morgan fingerprint density at radius 3 is 2.50 bits per heavy atom. The summed E-state index contributed by atoms with van der Waals surface area (Å²) in [5.74, 6) is 0.279. The van der Waals surface area contributed by atoms with Crippen molar-refractivity contribution in [2.45, 2.75) is 47.1 Å². The molecule has 20 heavy (non-hydrogen) atoms. The molecular weight excluding hydrogens is 252 g/mol. The van der Waals surface area contributed by atoms with Gasteiger partial charge in [0.2, 0.25) is 0 Å². The van der Waals surface area contributed by atoms with Crippen LogP contribution in [0.1, 0.15) is 56.7 Å². The van der Waals surface area contributed by atoms with Crippen LogP contribution in [0.4, 0.5) is 0 Å². The molecule has 108 valence electrons. The zero-order chi connectivity index (χ0) is 15.1. The summed E-state index contributed by atoms with van der Waals surface area (Å²) in [4.78, 5) is 15.9. The third kappa shape index (κ3) is 2.69. The molecule has 4 heteroatoms. The summed E-state index contributed by atoms with van der Waals surface area (Å²) in [5.41, 5.74) is 1.88. The smallest absolute Gasteiger partial charge is 0.337 e. The predicted molar refractivity (Wildman–Crippen MR) is 80.2 cm³/mol. The molecule has 0 aliphatic carbocycles. The van der Waals surface area contributed by atoms with E-state index in [1.54, 1.807) is 12.1 Å². The minimum atomic E-state index is -0.925. The number of nitrogens with zero attached hydrogens (tertiary/aromatic N) is 2. The van der Waals surface area contributed by atoms with E-state index >= 15 is 0 Å². The maximum absolute atomic E-state index is 11.3. The van der Waals surface area contributed by atoms with Gasteiger partial charge >= 0.3 is 5.97 Å². The van der Waals surface area contributed by atoms with E-state index in [0.717, 1.165) is 17.9 Å². The van der Waals surface area contributed by atoms with E-state index in [-0.39, 0.29) is 16.9 Å². The van der Waals surface area contributed by atoms with Crippen LogP contribution in [-0.2, 0) is 6.54 Å². The lowest BCUT2D eigenvalue weighted by atomic mass is 9.96. The number of fused-ring (bicyclic) bond motifs is 1. The van der Waals surface area contributed by atoms with Crippen LogP contribution in [0.25, 0.3) is 11.0 Å². The van der Waals surface area contributed by atoms with Crippen LogP contribution in [0.15, 0.2) is 18.2 Å². The molecule has 0 spiro atoms. The molecule has 1 aromatic carbocycles. The molecule has 0 amide bonds. The normalized spacial score (nSPS) is 12.3. The Kier molecular flexibility index (Phi) is 3.59. The average molecular weight is 274 g/mol. The molecule has 0 aliphatic heterocycles. The standard InChI is InChI=1S/C16H22N2O2/c1-10(2)14-17-13-11(15(19)20)7-6-8-12(13)18(14)9-16(3,4)5/h6-8,10H,9H2,1-5H3,(H,19,20). The van der Waals surface area contributed by atoms with Gasteiger partial charge in [0.1, 0.15) is 11.3 Å². The fraction of sp³-hybridized carbons (Fsp3) is 0.500. The first-order valence-corrected chi connectivity index (χ1v) is 6.93. The van der Waals surface area contributed by atoms with Gasteiger partial charge < -0.3 is 9.67 Å². The minimum absolute atomic E-state index is 0.108. The first-order chi connectivity index (χ1) is 9.20. The number of aromatic carboxylic acids is 1. The van der Waals surface area contributed by atoms with E-state index in [2.05, 4.69) is 44.2 Å². The Bertz CT molecular complexity index is 648. The summed E-state index contributed by atoms with van der Waals surface area (Å²) in [6, 6.07) is 5.35. The van der Waals surface area contributed by atoms with Crippen molar-refractivity contribution in [3.05, 3.63) is 29.6 Å². The summed E-state index contributed by atoms with van der Waals surface area (Å²) < 4.78 is 2.16. The Hall–Kier alpha value is -1.84. The van der Waals surface area contributed by atoms with Crippen LogP contribution >= 0.6 is 0 Å². The number of hydrogen-bond acceptors (Lipinski definition) is 2. The summed E-state index contributed by atoms with van der Waals surface area (Å²) in [6.45, 7) is 11.5. The molecule has 0 saturated heterocycles. The second-order valence-electron chi connectivity index (χ2n) is 6.75. The van der Waals surface area contributed by atoms with E-state index in [1.165, 1.54) is 0 Å². The van der Waals surface area contributed by atoms with Crippen LogP contribution in [-0.4, -0.2) is 20.6 Å². The lowest BCUT2D eigenvalue weighted by Gasteiger charge is -2.22. The summed E-state index contributed by atoms with van der Waals surface area (Å²) in [7, 11) is 0. The highest BCUT2D eigenvalue weighted by Gasteiger charge is 2.21. The maximum Gasteiger partial charge on any atom is 0.337 e. The lowest BCUT2D eigenvalue weighted by molar-refractivity contribution is 0.0699. The largest absolute Gasteiger partial charge is 0.478 e. The molecular formula is C16H22N2O2. The molecule has 1 aromatic heterocycles. The van der Waals surface area contributed by atoms with Gasteiger partial charge in [0.25, 0.3) is 0 Å². The quantitative estimate of drug-likeness (QED) is 0.923. The number of benzene rings is 1. The number of carboxylic acid groups (broad SMARTS) is 1. The second kappa shape index (κ2) is 4.93. The second-order valence-corrected chi connectivity index (χ2v) is 6.75. The van der Waals surface area contributed by atoms with Gasteiger partial charge in [0.05, 0.1) is 11.1 Å². The number of rotatable bonds is 3. The van der Waals surface area contributed by atoms with Gasteiger partial charge in [0, 0.05) is 12.5 Å². The molecule has 1 heterocycles. The molecule has 0 saturated carbocycles. The number of carboxylic acids is 1. The van der Waals surface area contributed by atoms with Crippen LogP contribution in [0.2, 0.25) is 0 Å². The Morgan fingerprint density at radius 1 is 1.35 bits per heavy atom. The molecule has 0 fully saturated rings. The number of carbonyl (C=O) groups is 1. The van der Waals surface area contributed by atoms with Gasteiger partial charge in [-0.2, -0.15) is 0 Å². The van der Waals surface area contributed by atoms with Gasteiger partial charge in [-0.3, -0.25) is 0 Å². The van der Waals surface area contributed by atoms with E-state index in [0.29, 0.717) is 5.52 Å². The van der Waals surface area contributed by atoms with E-state index < -0.39 is 5.97 Å². The highest BCUT2D eigenvalue weighted by Crippen LogP contribution is 2.28. The number of aromatic nitrogens is 2. The van der Waals surface area contributed by atoms with Crippen molar-refractivity contribution >= 4 is 17.0 Å². The lowest BCUT2D eigenvalue weighted by Crippen LogP contribution is -2.18. The number of para-hydroxylation sites is 1. The van der Waals surface area contributed by atoms with Crippen molar-refractivity contribution < 1.29 is 9.90 Å². The van der Waals surface area contributed by atoms with Gasteiger partial charge in [0.15, 0.2) is 0 Å². The average Bonchev–Trinajstić information content (AvgIpc) is 2.65. The van der Waals surface area contributed by atoms with E-state index in [9.17, 15) is 9.90 Å². The number of imidazole rings is 1. The van der Waals surface area contributed by atoms with Crippen molar-refractivity contribution in [1.82, 2.24) is 9.55 Å². The highest BCUT2D eigenvalue weighted by molar-refractivity contribution is 6.01. The number of hydrogen-bond donors (Lipinski definition) is 1. The maximum atomic E-state index is 11.3.